The number of rotatable bonds is 1. The number of carbonyl (C=O) groups is 1. The molecule has 0 unspecified atom stereocenters. The highest BCUT2D eigenvalue weighted by atomic mass is 127. The van der Waals surface area contributed by atoms with Crippen molar-refractivity contribution in [3.05, 3.63) is 27.8 Å². The van der Waals surface area contributed by atoms with E-state index >= 15 is 0 Å². The molecule has 16 heavy (non-hydrogen) atoms. The highest BCUT2D eigenvalue weighted by molar-refractivity contribution is 5.70. The minimum absolute atomic E-state index is 0.919. The number of carboxylic acid groups (broad SMARTS) is 1. The van der Waals surface area contributed by atoms with Gasteiger partial charge in [0.15, 0.2) is 3.57 Å². The molecule has 0 spiro atoms. The molecule has 0 heterocycles. The molecule has 0 fully saturated rings. The van der Waals surface area contributed by atoms with Gasteiger partial charge in [-0.25, -0.2) is 0 Å². The van der Waals surface area contributed by atoms with Gasteiger partial charge in [0.25, 0.3) is 22.6 Å². The number of hydrogen-bond acceptors (Lipinski definition) is 3. The van der Waals surface area contributed by atoms with E-state index in [-0.39, 0.29) is 0 Å². The smallest absolute Gasteiger partial charge is 0.430 e. The van der Waals surface area contributed by atoms with Crippen molar-refractivity contribution in [2.24, 2.45) is 0 Å². The van der Waals surface area contributed by atoms with Gasteiger partial charge in [-0.3, -0.25) is 0 Å². The molecular formula is C9H8F3IO3. The van der Waals surface area contributed by atoms with Crippen LogP contribution in [0.2, 0.25) is 0 Å². The predicted octanol–water partition coefficient (Wildman–Crippen LogP) is -2.55. The molecule has 1 aromatic carbocycles. The Bertz CT molecular complexity index is 335. The Morgan fingerprint density at radius 1 is 1.31 bits per heavy atom. The van der Waals surface area contributed by atoms with Crippen molar-refractivity contribution in [2.75, 3.05) is 7.11 Å². The zero-order valence-electron chi connectivity index (χ0n) is 8.08. The second-order valence-corrected chi connectivity index (χ2v) is 3.81. The lowest BCUT2D eigenvalue weighted by molar-refractivity contribution is -0.344. The van der Waals surface area contributed by atoms with Crippen LogP contribution in [0.3, 0.4) is 0 Å². The van der Waals surface area contributed by atoms with E-state index in [2.05, 4.69) is 0 Å². The molecule has 0 saturated carbocycles. The molecule has 0 amide bonds. The van der Waals surface area contributed by atoms with Crippen molar-refractivity contribution < 1.29 is 50.4 Å². The summed E-state index contributed by atoms with van der Waals surface area (Å²) in [6, 6.07) is 7.97. The first-order valence-corrected chi connectivity index (χ1v) is 5.03. The summed E-state index contributed by atoms with van der Waals surface area (Å²) in [7, 11) is 1.67. The van der Waals surface area contributed by atoms with Crippen LogP contribution in [0.25, 0.3) is 0 Å². The van der Waals surface area contributed by atoms with E-state index in [1.54, 1.807) is 7.11 Å². The second-order valence-electron chi connectivity index (χ2n) is 2.46. The Labute approximate surface area is 103 Å². The average Bonchev–Trinajstić information content (AvgIpc) is 2.18. The number of benzene rings is 1. The van der Waals surface area contributed by atoms with Crippen molar-refractivity contribution in [1.82, 2.24) is 0 Å². The molecular weight excluding hydrogens is 340 g/mol. The van der Waals surface area contributed by atoms with Gasteiger partial charge >= 0.3 is 6.18 Å². The molecule has 90 valence electrons. The maximum Gasteiger partial charge on any atom is 0.430 e. The molecule has 0 N–H and O–H groups in total. The fraction of sp³-hybridized carbons (Fsp3) is 0.222. The standard InChI is InChI=1S/C7H8IO.C2HF3O2/c1-9-7-4-2-6(8)3-5-7;3-2(4,5)1(6)7/h2-5,8H,1H3;(H,6,7)/q+1;/p-1. The number of alkyl halides is 3. The van der Waals surface area contributed by atoms with Crippen LogP contribution in [0, 0.1) is 3.57 Å². The molecule has 0 aliphatic carbocycles. The van der Waals surface area contributed by atoms with Gasteiger partial charge in [-0.2, -0.15) is 13.2 Å². The number of hydrogen-bond donors (Lipinski definition) is 0. The van der Waals surface area contributed by atoms with Crippen LogP contribution in [0.1, 0.15) is 0 Å². The first-order valence-electron chi connectivity index (χ1n) is 3.86. The Kier molecular flexibility index (Phi) is 6.16. The second kappa shape index (κ2) is 6.56. The highest BCUT2D eigenvalue weighted by Gasteiger charge is 2.28. The van der Waals surface area contributed by atoms with Crippen molar-refractivity contribution in [3.8, 4) is 5.75 Å². The SMILES string of the molecule is COc1ccc([IH+])cc1.O=C([O-])C(F)(F)F. The van der Waals surface area contributed by atoms with Crippen LogP contribution in [0.4, 0.5) is 13.2 Å². The van der Waals surface area contributed by atoms with E-state index in [9.17, 15) is 13.2 Å². The fourth-order valence-corrected chi connectivity index (χ4v) is 0.964. The first-order chi connectivity index (χ1) is 7.27. The number of carbonyl (C=O) groups excluding carboxylic acids is 1. The lowest BCUT2D eigenvalue weighted by Crippen LogP contribution is -3.34. The van der Waals surface area contributed by atoms with Gasteiger partial charge in [0.2, 0.25) is 0 Å². The summed E-state index contributed by atoms with van der Waals surface area (Å²) >= 11 is 1.99. The summed E-state index contributed by atoms with van der Waals surface area (Å²) in [6.07, 6.45) is -5.19. The fourth-order valence-electron chi connectivity index (χ4n) is 0.576. The molecule has 3 nitrogen and oxygen atoms in total. The van der Waals surface area contributed by atoms with Gasteiger partial charge in [0.1, 0.15) is 11.7 Å². The van der Waals surface area contributed by atoms with Gasteiger partial charge in [0, 0.05) is 0 Å². The van der Waals surface area contributed by atoms with Crippen molar-refractivity contribution >= 4 is 5.97 Å². The van der Waals surface area contributed by atoms with Gasteiger partial charge in [0.05, 0.1) is 7.11 Å². The third-order valence-electron chi connectivity index (χ3n) is 1.29. The summed E-state index contributed by atoms with van der Waals surface area (Å²) in [5.74, 6) is -2.09. The maximum absolute atomic E-state index is 10.5. The summed E-state index contributed by atoms with van der Waals surface area (Å²) in [5, 5.41) is 8.78. The zero-order valence-corrected chi connectivity index (χ0v) is 10.4. The van der Waals surface area contributed by atoms with Crippen LogP contribution in [-0.4, -0.2) is 19.3 Å². The molecule has 1 aromatic rings. The normalized spacial score (nSPS) is 10.1. The van der Waals surface area contributed by atoms with Crippen LogP contribution in [0.5, 0.6) is 5.75 Å². The topological polar surface area (TPSA) is 49.4 Å². The minimum Gasteiger partial charge on any atom is -0.542 e. The van der Waals surface area contributed by atoms with E-state index < -0.39 is 12.1 Å². The Morgan fingerprint density at radius 2 is 1.69 bits per heavy atom. The molecule has 0 aliphatic rings. The van der Waals surface area contributed by atoms with Crippen LogP contribution in [-0.2, 0) is 4.79 Å². The summed E-state index contributed by atoms with van der Waals surface area (Å²) < 4.78 is 37.8. The van der Waals surface area contributed by atoms with Crippen molar-refractivity contribution in [1.29, 1.82) is 0 Å². The summed E-state index contributed by atoms with van der Waals surface area (Å²) in [6.45, 7) is 0. The number of methoxy groups -OCH3 is 1. The third kappa shape index (κ3) is 6.49. The molecule has 0 saturated heterocycles. The van der Waals surface area contributed by atoms with Gasteiger partial charge in [-0.05, 0) is 24.3 Å². The molecule has 0 aliphatic heterocycles. The van der Waals surface area contributed by atoms with E-state index in [0.29, 0.717) is 0 Å². The molecule has 1 rings (SSSR count). The van der Waals surface area contributed by atoms with Gasteiger partial charge < -0.3 is 14.6 Å². The van der Waals surface area contributed by atoms with Crippen molar-refractivity contribution in [2.45, 2.75) is 6.18 Å². The monoisotopic (exact) mass is 348 g/mol. The maximum atomic E-state index is 10.5. The quantitative estimate of drug-likeness (QED) is 0.525. The minimum atomic E-state index is -5.19. The first kappa shape index (κ1) is 15.0. The van der Waals surface area contributed by atoms with Gasteiger partial charge in [-0.1, -0.05) is 0 Å². The number of ether oxygens (including phenoxy) is 1. The predicted molar refractivity (Wildman–Crippen MR) is 44.1 cm³/mol. The lowest BCUT2D eigenvalue weighted by atomic mass is 10.3. The van der Waals surface area contributed by atoms with Crippen LogP contribution >= 0.6 is 0 Å². The third-order valence-corrected chi connectivity index (χ3v) is 2.07. The lowest BCUT2D eigenvalue weighted by Gasteiger charge is -2.03. The van der Waals surface area contributed by atoms with Crippen LogP contribution < -0.4 is 32.4 Å². The van der Waals surface area contributed by atoms with Crippen LogP contribution in [0.15, 0.2) is 24.3 Å². The number of halogens is 4. The summed E-state index contributed by atoms with van der Waals surface area (Å²) in [5.41, 5.74) is 0. The molecule has 0 aromatic heterocycles. The zero-order chi connectivity index (χ0) is 12.8. The summed E-state index contributed by atoms with van der Waals surface area (Å²) in [4.78, 5) is 8.78. The molecule has 7 heteroatoms. The Hall–Kier alpha value is -0.990. The molecule has 0 radical (unpaired) electrons. The molecule has 0 bridgehead atoms. The number of aliphatic carboxylic acids is 1. The van der Waals surface area contributed by atoms with E-state index in [1.807, 2.05) is 46.9 Å². The van der Waals surface area contributed by atoms with E-state index in [4.69, 9.17) is 14.6 Å². The number of carboxylic acids is 1. The van der Waals surface area contributed by atoms with Gasteiger partial charge in [-0.15, -0.1) is 0 Å². The molecule has 0 atom stereocenters. The Balaban J connectivity index is 0.000000293. The average molecular weight is 348 g/mol. The highest BCUT2D eigenvalue weighted by Crippen LogP contribution is 2.11. The van der Waals surface area contributed by atoms with Crippen molar-refractivity contribution in [3.63, 3.8) is 0 Å². The largest absolute Gasteiger partial charge is 0.542 e. The Morgan fingerprint density at radius 3 is 1.94 bits per heavy atom. The van der Waals surface area contributed by atoms with E-state index in [1.165, 1.54) is 3.57 Å². The van der Waals surface area contributed by atoms with E-state index in [0.717, 1.165) is 5.75 Å².